The molecular weight excluding hydrogens is 1330 g/mol. The van der Waals surface area contributed by atoms with Crippen LogP contribution in [-0.2, 0) is 48.8 Å². The number of aromatic nitrogens is 8. The Morgan fingerprint density at radius 1 is 0.511 bits per heavy atom. The summed E-state index contributed by atoms with van der Waals surface area (Å²) in [5.74, 6) is 0.201. The van der Waals surface area contributed by atoms with E-state index in [0.29, 0.717) is 74.8 Å². The number of nitrogen functional groups attached to an aromatic ring is 3. The van der Waals surface area contributed by atoms with E-state index in [1.165, 1.54) is 80.3 Å². The zero-order chi connectivity index (χ0) is 67.8. The van der Waals surface area contributed by atoms with Gasteiger partial charge in [0.25, 0.3) is 16.7 Å². The molecule has 24 nitrogen and oxygen atoms in total. The van der Waals surface area contributed by atoms with E-state index in [-0.39, 0.29) is 79.8 Å². The molecule has 9 aromatic rings. The lowest BCUT2D eigenvalue weighted by Crippen LogP contribution is -2.38. The normalized spacial score (nSPS) is 9.98. The monoisotopic (exact) mass is 1370 g/mol. The van der Waals surface area contributed by atoms with Crippen LogP contribution in [0.2, 0.25) is 40.2 Å². The van der Waals surface area contributed by atoms with Crippen LogP contribution in [0.5, 0.6) is 0 Å². The summed E-state index contributed by atoms with van der Waals surface area (Å²) < 4.78 is 6.59. The molecule has 0 saturated heterocycles. The van der Waals surface area contributed by atoms with E-state index >= 15 is 0 Å². The smallest absolute Gasteiger partial charge is 0.332 e. The summed E-state index contributed by atoms with van der Waals surface area (Å²) >= 11 is 47.5. The molecule has 0 aliphatic carbocycles. The number of carbonyl (C=O) groups excluding carboxylic acids is 1. The van der Waals surface area contributed by atoms with Gasteiger partial charge in [0.15, 0.2) is 17.6 Å². The van der Waals surface area contributed by atoms with E-state index in [4.69, 9.17) is 137 Å². The number of nitrogens with zero attached hydrogens (tertiary/aromatic N) is 13. The van der Waals surface area contributed by atoms with Gasteiger partial charge >= 0.3 is 17.1 Å². The number of anilines is 3. The van der Waals surface area contributed by atoms with Crippen molar-refractivity contribution in [2.45, 2.75) is 13.0 Å². The summed E-state index contributed by atoms with van der Waals surface area (Å²) in [5, 5.41) is 45.5. The molecule has 0 spiro atoms. The zero-order valence-corrected chi connectivity index (χ0v) is 53.6. The van der Waals surface area contributed by atoms with Crippen LogP contribution in [0.15, 0.2) is 113 Å². The number of hydrogen-bond donors (Lipinski definition) is 4. The van der Waals surface area contributed by atoms with Crippen molar-refractivity contribution in [1.82, 2.24) is 37.4 Å². The lowest BCUT2D eigenvalue weighted by atomic mass is 9.97. The average molecular weight is 1380 g/mol. The largest absolute Gasteiger partial charge is 0.385 e. The maximum absolute atomic E-state index is 12.8. The van der Waals surface area contributed by atoms with Crippen molar-refractivity contribution in [2.75, 3.05) is 17.2 Å². The number of aldehydes is 1. The fourth-order valence-corrected chi connectivity index (χ4v) is 9.24. The molecule has 5 heterocycles. The van der Waals surface area contributed by atoms with Crippen molar-refractivity contribution < 1.29 is 4.79 Å². The molecule has 0 amide bonds. The Morgan fingerprint density at radius 2 is 0.911 bits per heavy atom. The fourth-order valence-electron chi connectivity index (χ4n) is 7.77. The van der Waals surface area contributed by atoms with Crippen molar-refractivity contribution in [3.05, 3.63) is 209 Å². The van der Waals surface area contributed by atoms with E-state index in [2.05, 4.69) is 9.97 Å². The van der Waals surface area contributed by atoms with Crippen LogP contribution in [-0.4, -0.2) is 43.7 Å². The van der Waals surface area contributed by atoms with Crippen molar-refractivity contribution >= 4 is 145 Å². The summed E-state index contributed by atoms with van der Waals surface area (Å²) in [6.45, 7) is 0.0406. The Hall–Kier alpha value is -9.72. The number of carbonyl (C=O) groups is 1. The van der Waals surface area contributed by atoms with Gasteiger partial charge in [-0.1, -0.05) is 92.8 Å². The third kappa shape index (κ3) is 16.9. The van der Waals surface area contributed by atoms with Gasteiger partial charge in [-0.3, -0.25) is 46.6 Å². The van der Waals surface area contributed by atoms with Crippen molar-refractivity contribution in [3.8, 4) is 52.6 Å². The van der Waals surface area contributed by atoms with E-state index < -0.39 is 28.2 Å². The Bertz CT molecular complexity index is 4950. The maximum Gasteiger partial charge on any atom is 0.332 e. The molecule has 32 heteroatoms. The minimum atomic E-state index is -0.604. The fraction of sp³-hybridized carbons (Fsp3) is 0.138. The molecule has 0 unspecified atom stereocenters. The number of aryl methyl sites for hydroxylation is 2. The lowest BCUT2D eigenvalue weighted by molar-refractivity contribution is 0.112. The molecule has 0 aliphatic rings. The third-order valence-electron chi connectivity index (χ3n) is 12.4. The van der Waals surface area contributed by atoms with E-state index in [0.717, 1.165) is 13.7 Å². The number of nitrogens with two attached hydrogens (primary N) is 4. The molecule has 8 N–H and O–H groups in total. The number of rotatable bonds is 5. The van der Waals surface area contributed by atoms with Gasteiger partial charge in [-0.15, -0.1) is 0 Å². The van der Waals surface area contributed by atoms with Crippen LogP contribution in [0.4, 0.5) is 17.5 Å². The molecule has 0 atom stereocenters. The minimum Gasteiger partial charge on any atom is -0.385 e. The van der Waals surface area contributed by atoms with Gasteiger partial charge in [0.05, 0.1) is 27.9 Å². The van der Waals surface area contributed by atoms with Gasteiger partial charge in [0.1, 0.15) is 53.2 Å². The van der Waals surface area contributed by atoms with Gasteiger partial charge in [-0.2, -0.15) is 26.3 Å². The Kier molecular flexibility index (Phi) is 26.3. The first-order chi connectivity index (χ1) is 42.4. The standard InChI is InChI=1S/C16H15Cl2N5O2.C16H11Cl2N5O2.C10H4Cl2N2.C7H4Cl2O.C6H9N3O2.C3H2N2/c2*1-22-14-12(15(24)23(2)16(22)25)11(9(6-19)13(20)21-14)8-5-7(17)3-4-10(8)18;11-9-1-2-10(12)8(4-9)3-7(5-13)6-14;8-6-1-2-7(9)5(3-6)4-10;1-8-4(7)3-5(10)9(2)6(8)11;4-2-1-3-5/h3-5H,6,19H2,1-2H3,(H2,20,21);3-5H,1-2H3,(H2,20,21);1-4H;1-4H;3H,7H2,1-2H3;1H2. The Balaban J connectivity index is 0.000000247. The van der Waals surface area contributed by atoms with Crippen LogP contribution < -0.4 is 56.7 Å². The van der Waals surface area contributed by atoms with Crippen LogP contribution >= 0.6 is 92.8 Å². The average Bonchev–Trinajstić information content (AvgIpc) is 0.758. The van der Waals surface area contributed by atoms with Crippen molar-refractivity contribution in [3.63, 3.8) is 0 Å². The van der Waals surface area contributed by atoms with Crippen LogP contribution in [0.1, 0.15) is 33.5 Å². The van der Waals surface area contributed by atoms with Crippen molar-refractivity contribution in [1.29, 1.82) is 26.3 Å². The molecule has 0 aliphatic heterocycles. The molecule has 0 radical (unpaired) electrons. The highest BCUT2D eigenvalue weighted by molar-refractivity contribution is 6.37. The molecule has 460 valence electrons. The minimum absolute atomic E-state index is 0. The lowest BCUT2D eigenvalue weighted by Gasteiger charge is -2.17. The number of benzene rings is 4. The highest BCUT2D eigenvalue weighted by atomic mass is 35.5. The maximum atomic E-state index is 12.8. The van der Waals surface area contributed by atoms with E-state index in [1.807, 2.05) is 6.07 Å². The number of hydrogen-bond acceptors (Lipinski definition) is 18. The third-order valence-corrected chi connectivity index (χ3v) is 14.6. The Labute approximate surface area is 549 Å². The number of nitriles is 5. The topological polar surface area (TPSA) is 398 Å². The number of allylic oxidation sites excluding steroid dienone is 1. The van der Waals surface area contributed by atoms with E-state index in [1.54, 1.807) is 84.9 Å². The van der Waals surface area contributed by atoms with Crippen LogP contribution in [0.25, 0.3) is 50.4 Å². The SMILES string of the molecule is Cn1c(=O)c2c(-c3cc(Cl)ccc3Cl)c(C#N)c(N)nc2n(C)c1=O.Cn1c(=O)c2c(-c3cc(Cl)ccc3Cl)c(CN)c(N)nc2n(C)c1=O.Cn1c(N)cc(=O)n(C)c1=O.N#CC(C#N)=Cc1cc(Cl)ccc1Cl.N#CCC#N.O=Cc1cc(Cl)ccc1Cl. The summed E-state index contributed by atoms with van der Waals surface area (Å²) in [5.41, 5.74) is 23.3. The first-order valence-electron chi connectivity index (χ1n) is 24.8. The molecule has 90 heavy (non-hydrogen) atoms. The molecule has 5 aromatic heterocycles. The molecule has 9 rings (SSSR count). The summed E-state index contributed by atoms with van der Waals surface area (Å²) in [6.07, 6.45) is 2.07. The van der Waals surface area contributed by atoms with E-state index in [9.17, 15) is 38.8 Å². The predicted molar refractivity (Wildman–Crippen MR) is 351 cm³/mol. The highest BCUT2D eigenvalue weighted by Crippen LogP contribution is 2.39. The number of pyridine rings is 2. The molecular formula is C58H45Cl8N17O7. The molecule has 4 aromatic carbocycles. The first kappa shape index (κ1) is 72.8. The summed E-state index contributed by atoms with van der Waals surface area (Å²) in [6, 6.07) is 29.1. The second-order valence-corrected chi connectivity index (χ2v) is 21.4. The molecule has 0 bridgehead atoms. The van der Waals surface area contributed by atoms with Gasteiger partial charge in [-0.25, -0.2) is 24.4 Å². The van der Waals surface area contributed by atoms with Gasteiger partial charge < -0.3 is 22.9 Å². The second kappa shape index (κ2) is 32.5. The molecule has 0 saturated carbocycles. The first-order valence-corrected chi connectivity index (χ1v) is 27.9. The number of halogens is 8. The molecule has 0 fully saturated rings. The van der Waals surface area contributed by atoms with Gasteiger partial charge in [0.2, 0.25) is 0 Å². The van der Waals surface area contributed by atoms with Gasteiger partial charge in [0, 0.05) is 123 Å². The Morgan fingerprint density at radius 3 is 1.32 bits per heavy atom. The predicted octanol–water partition coefficient (Wildman–Crippen LogP) is 9.03. The van der Waals surface area contributed by atoms with Gasteiger partial charge in [-0.05, 0) is 84.4 Å². The quantitative estimate of drug-likeness (QED) is 0.0921. The van der Waals surface area contributed by atoms with Crippen LogP contribution in [0.3, 0.4) is 0 Å². The second-order valence-electron chi connectivity index (χ2n) is 18.0. The van der Waals surface area contributed by atoms with Crippen molar-refractivity contribution in [2.24, 2.45) is 48.0 Å². The number of fused-ring (bicyclic) bond motifs is 2. The summed E-state index contributed by atoms with van der Waals surface area (Å²) in [7, 11) is 8.64. The highest BCUT2D eigenvalue weighted by Gasteiger charge is 2.25. The van der Waals surface area contributed by atoms with Crippen LogP contribution in [0, 0.1) is 56.7 Å². The zero-order valence-electron chi connectivity index (χ0n) is 47.6. The summed E-state index contributed by atoms with van der Waals surface area (Å²) in [4.78, 5) is 90.4.